The van der Waals surface area contributed by atoms with E-state index in [1.807, 2.05) is 30.5 Å². The maximum absolute atomic E-state index is 11.7. The lowest BCUT2D eigenvalue weighted by Crippen LogP contribution is -2.32. The summed E-state index contributed by atoms with van der Waals surface area (Å²) in [6.07, 6.45) is 6.17. The largest absolute Gasteiger partial charge is 0.364 e. The van der Waals surface area contributed by atoms with Gasteiger partial charge in [-0.2, -0.15) is 5.10 Å². The van der Waals surface area contributed by atoms with Crippen molar-refractivity contribution in [1.82, 2.24) is 19.7 Å². The number of amides is 1. The molecule has 0 saturated carbocycles. The maximum Gasteiger partial charge on any atom is 0.269 e. The number of hydrogen-bond donors (Lipinski definition) is 1. The highest BCUT2D eigenvalue weighted by atomic mass is 16.1. The Bertz CT molecular complexity index is 940. The third-order valence-electron chi connectivity index (χ3n) is 5.13. The van der Waals surface area contributed by atoms with Gasteiger partial charge in [-0.25, -0.2) is 4.68 Å². The Labute approximate surface area is 152 Å². The first-order valence-corrected chi connectivity index (χ1v) is 9.06. The first-order valence-electron chi connectivity index (χ1n) is 9.06. The lowest BCUT2D eigenvalue weighted by molar-refractivity contribution is 0.0996. The molecule has 3 aromatic rings. The molecular formula is C20H23N5O. The Morgan fingerprint density at radius 1 is 1.23 bits per heavy atom. The van der Waals surface area contributed by atoms with Gasteiger partial charge in [0.25, 0.3) is 5.91 Å². The minimum Gasteiger partial charge on any atom is -0.364 e. The lowest BCUT2D eigenvalue weighted by atomic mass is 9.99. The first kappa shape index (κ1) is 16.7. The molecule has 0 radical (unpaired) electrons. The van der Waals surface area contributed by atoms with E-state index >= 15 is 0 Å². The fourth-order valence-corrected chi connectivity index (χ4v) is 3.60. The molecule has 0 atom stereocenters. The highest BCUT2D eigenvalue weighted by Gasteiger charge is 2.18. The average molecular weight is 349 g/mol. The predicted molar refractivity (Wildman–Crippen MR) is 101 cm³/mol. The second-order valence-electron chi connectivity index (χ2n) is 7.15. The molecule has 1 fully saturated rings. The Hall–Kier alpha value is -2.73. The smallest absolute Gasteiger partial charge is 0.269 e. The van der Waals surface area contributed by atoms with Crippen molar-refractivity contribution < 1.29 is 4.79 Å². The molecule has 0 bridgehead atoms. The zero-order valence-corrected chi connectivity index (χ0v) is 14.9. The SMILES string of the molecule is CC1CCN(Cc2cncc(-n3nc(C(N)=O)c4ccccc43)c2)CC1. The zero-order valence-electron chi connectivity index (χ0n) is 14.9. The Morgan fingerprint density at radius 2 is 2.00 bits per heavy atom. The van der Waals surface area contributed by atoms with Gasteiger partial charge in [0.1, 0.15) is 0 Å². The van der Waals surface area contributed by atoms with Crippen LogP contribution in [0, 0.1) is 5.92 Å². The molecule has 2 aromatic heterocycles. The van der Waals surface area contributed by atoms with Crippen LogP contribution in [0.2, 0.25) is 0 Å². The average Bonchev–Trinajstić information content (AvgIpc) is 3.04. The molecule has 1 aliphatic rings. The summed E-state index contributed by atoms with van der Waals surface area (Å²) >= 11 is 0. The number of hydrogen-bond acceptors (Lipinski definition) is 4. The van der Waals surface area contributed by atoms with Crippen LogP contribution in [0.15, 0.2) is 42.7 Å². The summed E-state index contributed by atoms with van der Waals surface area (Å²) in [7, 11) is 0. The minimum atomic E-state index is -0.522. The third-order valence-corrected chi connectivity index (χ3v) is 5.13. The molecule has 6 heteroatoms. The number of piperidine rings is 1. The van der Waals surface area contributed by atoms with Crippen molar-refractivity contribution in [3.63, 3.8) is 0 Å². The van der Waals surface area contributed by atoms with Gasteiger partial charge in [0.2, 0.25) is 0 Å². The Morgan fingerprint density at radius 3 is 2.77 bits per heavy atom. The standard InChI is InChI=1S/C20H23N5O/c1-14-6-8-24(9-7-14)13-15-10-16(12-22-11-15)25-18-5-3-2-4-17(18)19(23-25)20(21)26/h2-5,10-12,14H,6-9,13H2,1H3,(H2,21,26). The molecule has 0 unspecified atom stereocenters. The van der Waals surface area contributed by atoms with Gasteiger partial charge in [-0.3, -0.25) is 14.7 Å². The van der Waals surface area contributed by atoms with E-state index in [0.29, 0.717) is 0 Å². The molecule has 4 rings (SSSR count). The number of carbonyl (C=O) groups is 1. The minimum absolute atomic E-state index is 0.288. The first-order chi connectivity index (χ1) is 12.6. The highest BCUT2D eigenvalue weighted by Crippen LogP contribution is 2.23. The topological polar surface area (TPSA) is 77.0 Å². The van der Waals surface area contributed by atoms with Crippen molar-refractivity contribution in [2.24, 2.45) is 11.7 Å². The lowest BCUT2D eigenvalue weighted by Gasteiger charge is -2.30. The molecule has 0 aliphatic carbocycles. The van der Waals surface area contributed by atoms with Crippen molar-refractivity contribution >= 4 is 16.8 Å². The van der Waals surface area contributed by atoms with Crippen LogP contribution in [-0.2, 0) is 6.54 Å². The second kappa shape index (κ2) is 6.88. The molecule has 2 N–H and O–H groups in total. The van der Waals surface area contributed by atoms with Crippen molar-refractivity contribution in [3.05, 3.63) is 54.0 Å². The van der Waals surface area contributed by atoms with Crippen LogP contribution in [0.25, 0.3) is 16.6 Å². The van der Waals surface area contributed by atoms with Gasteiger partial charge in [-0.1, -0.05) is 25.1 Å². The van der Waals surface area contributed by atoms with Crippen molar-refractivity contribution in [2.45, 2.75) is 26.3 Å². The summed E-state index contributed by atoms with van der Waals surface area (Å²) < 4.78 is 1.75. The van der Waals surface area contributed by atoms with Gasteiger partial charge in [0.05, 0.1) is 17.4 Å². The van der Waals surface area contributed by atoms with Crippen LogP contribution in [0.4, 0.5) is 0 Å². The van der Waals surface area contributed by atoms with Gasteiger partial charge in [-0.15, -0.1) is 0 Å². The summed E-state index contributed by atoms with van der Waals surface area (Å²) in [4.78, 5) is 18.6. The van der Waals surface area contributed by atoms with E-state index in [0.717, 1.165) is 47.7 Å². The Balaban J connectivity index is 1.67. The number of fused-ring (bicyclic) bond motifs is 1. The number of nitrogens with zero attached hydrogens (tertiary/aromatic N) is 4. The molecule has 1 saturated heterocycles. The van der Waals surface area contributed by atoms with E-state index in [1.54, 1.807) is 10.9 Å². The van der Waals surface area contributed by atoms with Gasteiger partial charge in [0, 0.05) is 18.1 Å². The summed E-state index contributed by atoms with van der Waals surface area (Å²) in [5, 5.41) is 5.21. The zero-order chi connectivity index (χ0) is 18.1. The number of rotatable bonds is 4. The third kappa shape index (κ3) is 3.20. The van der Waals surface area contributed by atoms with E-state index in [1.165, 1.54) is 12.8 Å². The number of aromatic nitrogens is 3. The van der Waals surface area contributed by atoms with Crippen LogP contribution in [-0.4, -0.2) is 38.7 Å². The molecule has 0 spiro atoms. The van der Waals surface area contributed by atoms with Crippen LogP contribution in [0.5, 0.6) is 0 Å². The van der Waals surface area contributed by atoms with E-state index in [4.69, 9.17) is 5.73 Å². The van der Waals surface area contributed by atoms with Crippen molar-refractivity contribution in [3.8, 4) is 5.69 Å². The highest BCUT2D eigenvalue weighted by molar-refractivity contribution is 6.04. The molecule has 6 nitrogen and oxygen atoms in total. The summed E-state index contributed by atoms with van der Waals surface area (Å²) in [5.74, 6) is 0.296. The normalized spacial score (nSPS) is 16.2. The number of nitrogens with two attached hydrogens (primary N) is 1. The number of primary amides is 1. The number of likely N-dealkylation sites (tertiary alicyclic amines) is 1. The number of benzene rings is 1. The summed E-state index contributed by atoms with van der Waals surface area (Å²) in [6.45, 7) is 5.46. The fourth-order valence-electron chi connectivity index (χ4n) is 3.60. The van der Waals surface area contributed by atoms with E-state index in [2.05, 4.69) is 28.0 Å². The van der Waals surface area contributed by atoms with Gasteiger partial charge >= 0.3 is 0 Å². The van der Waals surface area contributed by atoms with Crippen molar-refractivity contribution in [1.29, 1.82) is 0 Å². The number of pyridine rings is 1. The monoisotopic (exact) mass is 349 g/mol. The van der Waals surface area contributed by atoms with Crippen molar-refractivity contribution in [2.75, 3.05) is 13.1 Å². The fraction of sp³-hybridized carbons (Fsp3) is 0.350. The molecular weight excluding hydrogens is 326 g/mol. The second-order valence-corrected chi connectivity index (χ2v) is 7.15. The summed E-state index contributed by atoms with van der Waals surface area (Å²) in [5.41, 5.74) is 8.63. The van der Waals surface area contributed by atoms with Gasteiger partial charge in [-0.05, 0) is 49.5 Å². The molecule has 1 aromatic carbocycles. The van der Waals surface area contributed by atoms with E-state index in [9.17, 15) is 4.79 Å². The summed E-state index contributed by atoms with van der Waals surface area (Å²) in [6, 6.07) is 9.71. The maximum atomic E-state index is 11.7. The predicted octanol–water partition coefficient (Wildman–Crippen LogP) is 2.75. The van der Waals surface area contributed by atoms with E-state index < -0.39 is 5.91 Å². The van der Waals surface area contributed by atoms with Crippen LogP contribution < -0.4 is 5.73 Å². The van der Waals surface area contributed by atoms with Crippen LogP contribution >= 0.6 is 0 Å². The van der Waals surface area contributed by atoms with E-state index in [-0.39, 0.29) is 5.69 Å². The van der Waals surface area contributed by atoms with Gasteiger partial charge in [0.15, 0.2) is 5.69 Å². The number of carbonyl (C=O) groups excluding carboxylic acids is 1. The Kier molecular flexibility index (Phi) is 4.42. The van der Waals surface area contributed by atoms with Crippen LogP contribution in [0.3, 0.4) is 0 Å². The van der Waals surface area contributed by atoms with Gasteiger partial charge < -0.3 is 5.73 Å². The molecule has 1 amide bonds. The quantitative estimate of drug-likeness (QED) is 0.786. The number of para-hydroxylation sites is 1. The molecule has 3 heterocycles. The van der Waals surface area contributed by atoms with Crippen LogP contribution in [0.1, 0.15) is 35.8 Å². The molecule has 26 heavy (non-hydrogen) atoms. The molecule has 1 aliphatic heterocycles. The molecule has 134 valence electrons.